The van der Waals surface area contributed by atoms with E-state index in [2.05, 4.69) is 121 Å². The Hall–Kier alpha value is -2.73. The van der Waals surface area contributed by atoms with E-state index in [-0.39, 0.29) is 22.4 Å². The topological polar surface area (TPSA) is 0 Å². The zero-order chi connectivity index (χ0) is 21.1. The Labute approximate surface area is 208 Å². The zero-order valence-electron chi connectivity index (χ0n) is 17.7. The zero-order valence-corrected chi connectivity index (χ0v) is 20.8. The van der Waals surface area contributed by atoms with Crippen molar-refractivity contribution in [3.63, 3.8) is 0 Å². The molecule has 0 atom stereocenters. The average Bonchev–Trinajstić information content (AvgIpc) is 2.88. The molecule has 0 aromatic heterocycles. The van der Waals surface area contributed by atoms with Crippen LogP contribution in [-0.2, 0) is 22.4 Å². The minimum absolute atomic E-state index is 0. The predicted octanol–water partition coefficient (Wildman–Crippen LogP) is 6.33. The van der Waals surface area contributed by atoms with E-state index in [1.807, 2.05) is 30.3 Å². The Morgan fingerprint density at radius 3 is 1.06 bits per heavy atom. The summed E-state index contributed by atoms with van der Waals surface area (Å²) in [5.74, 6) is 0. The van der Waals surface area contributed by atoms with E-state index in [0.29, 0.717) is 0 Å². The summed E-state index contributed by atoms with van der Waals surface area (Å²) in [5, 5.41) is 4.31. The number of rotatable bonds is 4. The van der Waals surface area contributed by atoms with Crippen LogP contribution >= 0.6 is 7.92 Å². The predicted molar refractivity (Wildman–Crippen MR) is 137 cm³/mol. The van der Waals surface area contributed by atoms with Gasteiger partial charge in [-0.2, -0.15) is 30.3 Å². The molecular formula is C30H25AuP+. The van der Waals surface area contributed by atoms with Gasteiger partial charge in [-0.3, -0.25) is 0 Å². The Morgan fingerprint density at radius 2 is 0.688 bits per heavy atom. The third-order valence-corrected chi connectivity index (χ3v) is 7.74. The Bertz CT molecular complexity index is 1010. The summed E-state index contributed by atoms with van der Waals surface area (Å²) in [4.78, 5) is 0. The number of benzene rings is 5. The molecule has 0 saturated heterocycles. The second-order valence-electron chi connectivity index (χ2n) is 7.13. The van der Waals surface area contributed by atoms with Gasteiger partial charge in [0.05, 0.1) is 7.92 Å². The van der Waals surface area contributed by atoms with Gasteiger partial charge in [-0.25, -0.2) is 0 Å². The molecule has 5 aromatic carbocycles. The normalized spacial score (nSPS) is 9.91. The van der Waals surface area contributed by atoms with Gasteiger partial charge in [0, 0.05) is 0 Å². The first kappa shape index (κ1) is 23.9. The molecule has 0 radical (unpaired) electrons. The van der Waals surface area contributed by atoms with Gasteiger partial charge >= 0.3 is 22.4 Å². The van der Waals surface area contributed by atoms with Crippen LogP contribution in [0.4, 0.5) is 0 Å². The molecule has 160 valence electrons. The molecule has 0 N–H and O–H groups in total. The molecule has 0 amide bonds. The van der Waals surface area contributed by atoms with Gasteiger partial charge in [-0.05, 0) is 42.0 Å². The van der Waals surface area contributed by atoms with Crippen molar-refractivity contribution in [1.29, 1.82) is 0 Å². The van der Waals surface area contributed by atoms with Gasteiger partial charge in [-0.1, -0.05) is 84.9 Å². The van der Waals surface area contributed by atoms with Crippen LogP contribution in [0.1, 0.15) is 0 Å². The number of hydrogen-bond donors (Lipinski definition) is 0. The maximum Gasteiger partial charge on any atom is 1.00 e. The molecular weight excluding hydrogens is 588 g/mol. The number of hydrogen-bond acceptors (Lipinski definition) is 0. The van der Waals surface area contributed by atoms with Crippen LogP contribution in [0.25, 0.3) is 11.1 Å². The quantitative estimate of drug-likeness (QED) is 0.126. The maximum absolute atomic E-state index is 3.00. The van der Waals surface area contributed by atoms with Gasteiger partial charge < -0.3 is 0 Å². The Balaban J connectivity index is 0.000000193. The van der Waals surface area contributed by atoms with E-state index in [0.717, 1.165) is 0 Å². The van der Waals surface area contributed by atoms with Crippen LogP contribution in [0.15, 0.2) is 146 Å². The molecule has 0 spiro atoms. The van der Waals surface area contributed by atoms with Gasteiger partial charge in [0.25, 0.3) is 0 Å². The summed E-state index contributed by atoms with van der Waals surface area (Å²) in [6.07, 6.45) is 0. The van der Waals surface area contributed by atoms with Crippen molar-refractivity contribution in [2.45, 2.75) is 0 Å². The molecule has 0 fully saturated rings. The minimum Gasteiger partial charge on any atom is -0.184 e. The molecule has 0 unspecified atom stereocenters. The van der Waals surface area contributed by atoms with Crippen LogP contribution in [0.3, 0.4) is 0 Å². The molecule has 0 aliphatic heterocycles. The first-order chi connectivity index (χ1) is 15.4. The van der Waals surface area contributed by atoms with Crippen LogP contribution in [0.2, 0.25) is 0 Å². The van der Waals surface area contributed by atoms with Crippen LogP contribution < -0.4 is 15.9 Å². The molecule has 2 heteroatoms. The molecule has 5 rings (SSSR count). The van der Waals surface area contributed by atoms with E-state index in [4.69, 9.17) is 0 Å². The Morgan fingerprint density at radius 1 is 0.375 bits per heavy atom. The van der Waals surface area contributed by atoms with E-state index in [1.165, 1.54) is 27.0 Å². The van der Waals surface area contributed by atoms with Crippen LogP contribution in [0.5, 0.6) is 0 Å². The van der Waals surface area contributed by atoms with Crippen molar-refractivity contribution in [3.05, 3.63) is 152 Å². The smallest absolute Gasteiger partial charge is 0.184 e. The molecule has 32 heavy (non-hydrogen) atoms. The standard InChI is InChI=1S/C18H15P.C12H9.Au/c1-4-10-16(11-5-1)19(17-12-6-2-7-13-17)18-14-8-3-9-15-18;1-3-7-11(8-4-1)12-9-5-2-6-10-12;/h1-15H;1,3-10H;/q;-1;+1/p+1. The molecule has 0 saturated carbocycles. The second-order valence-corrected chi connectivity index (χ2v) is 9.61. The fourth-order valence-electron chi connectivity index (χ4n) is 3.52. The van der Waals surface area contributed by atoms with Gasteiger partial charge in [0.15, 0.2) is 0 Å². The second kappa shape index (κ2) is 13.0. The Kier molecular flexibility index (Phi) is 9.69. The van der Waals surface area contributed by atoms with Crippen molar-refractivity contribution < 1.29 is 22.4 Å². The fourth-order valence-corrected chi connectivity index (χ4v) is 6.10. The summed E-state index contributed by atoms with van der Waals surface area (Å²) >= 11 is 0. The fraction of sp³-hybridized carbons (Fsp3) is 0. The molecule has 0 aliphatic rings. The third kappa shape index (κ3) is 6.63. The maximum atomic E-state index is 3.00. The first-order valence-electron chi connectivity index (χ1n) is 10.5. The summed E-state index contributed by atoms with van der Waals surface area (Å²) in [5.41, 5.74) is 2.50. The van der Waals surface area contributed by atoms with Crippen LogP contribution in [-0.4, -0.2) is 0 Å². The summed E-state index contributed by atoms with van der Waals surface area (Å²) in [7, 11) is -0.877. The van der Waals surface area contributed by atoms with Gasteiger partial charge in [-0.15, -0.1) is 5.56 Å². The largest absolute Gasteiger partial charge is 1.00 e. The summed E-state index contributed by atoms with van der Waals surface area (Å²) in [6.45, 7) is 0. The van der Waals surface area contributed by atoms with E-state index >= 15 is 0 Å². The van der Waals surface area contributed by atoms with E-state index < -0.39 is 7.92 Å². The monoisotopic (exact) mass is 613 g/mol. The van der Waals surface area contributed by atoms with E-state index in [9.17, 15) is 0 Å². The molecule has 0 heterocycles. The van der Waals surface area contributed by atoms with Crippen molar-refractivity contribution in [2.24, 2.45) is 0 Å². The van der Waals surface area contributed by atoms with Gasteiger partial charge in [0.1, 0.15) is 15.9 Å². The van der Waals surface area contributed by atoms with Gasteiger partial charge in [0.2, 0.25) is 0 Å². The van der Waals surface area contributed by atoms with Crippen molar-refractivity contribution in [3.8, 4) is 11.1 Å². The van der Waals surface area contributed by atoms with Crippen LogP contribution in [0, 0.1) is 6.07 Å². The van der Waals surface area contributed by atoms with E-state index in [1.54, 1.807) is 0 Å². The SMILES string of the molecule is [Au+].[c-]1ccc(-c2ccccc2)cc1.c1ccc([PH+](c2ccccc2)c2ccccc2)cc1. The van der Waals surface area contributed by atoms with Crippen molar-refractivity contribution in [1.82, 2.24) is 0 Å². The molecule has 0 nitrogen and oxygen atoms in total. The minimum atomic E-state index is -0.877. The van der Waals surface area contributed by atoms with Crippen molar-refractivity contribution in [2.75, 3.05) is 0 Å². The van der Waals surface area contributed by atoms with Crippen molar-refractivity contribution >= 4 is 23.8 Å². The third-order valence-electron chi connectivity index (χ3n) is 5.01. The average molecular weight is 613 g/mol. The summed E-state index contributed by atoms with van der Waals surface area (Å²) in [6, 6.07) is 53.8. The molecule has 5 aromatic rings. The molecule has 0 bridgehead atoms. The first-order valence-corrected chi connectivity index (χ1v) is 12.0. The molecule has 0 aliphatic carbocycles. The summed E-state index contributed by atoms with van der Waals surface area (Å²) < 4.78 is 0.